The van der Waals surface area contributed by atoms with Crippen LogP contribution in [0.5, 0.6) is 0 Å². The van der Waals surface area contributed by atoms with Crippen molar-refractivity contribution >= 4 is 6.09 Å². The van der Waals surface area contributed by atoms with Gasteiger partial charge < -0.3 is 14.8 Å². The molecule has 1 unspecified atom stereocenters. The Hall–Kier alpha value is -2.51. The SMILES string of the molecule is COC(C(c1ccc(F)cc1)c1ccc(F)cc1)N1CCC2(CC1)CNC(=O)O2. The number of alkyl carbamates (subject to hydrolysis) is 1. The molecule has 2 aliphatic heterocycles. The van der Waals surface area contributed by atoms with Crippen molar-refractivity contribution in [2.24, 2.45) is 0 Å². The second-order valence-electron chi connectivity index (χ2n) is 7.67. The summed E-state index contributed by atoms with van der Waals surface area (Å²) >= 11 is 0. The Morgan fingerprint density at radius 2 is 1.52 bits per heavy atom. The molecule has 2 heterocycles. The average Bonchev–Trinajstić information content (AvgIpc) is 3.09. The summed E-state index contributed by atoms with van der Waals surface area (Å²) in [7, 11) is 1.65. The number of piperidine rings is 1. The molecular weight excluding hydrogens is 378 g/mol. The molecule has 4 rings (SSSR count). The largest absolute Gasteiger partial charge is 0.441 e. The van der Waals surface area contributed by atoms with E-state index in [-0.39, 0.29) is 29.9 Å². The van der Waals surface area contributed by atoms with Gasteiger partial charge in [0.15, 0.2) is 0 Å². The van der Waals surface area contributed by atoms with Crippen molar-refractivity contribution in [2.75, 3.05) is 26.7 Å². The molecule has 154 valence electrons. The molecule has 0 radical (unpaired) electrons. The molecule has 2 aliphatic rings. The van der Waals surface area contributed by atoms with Crippen LogP contribution in [0.4, 0.5) is 13.6 Å². The van der Waals surface area contributed by atoms with E-state index in [4.69, 9.17) is 9.47 Å². The van der Waals surface area contributed by atoms with Gasteiger partial charge in [-0.3, -0.25) is 4.90 Å². The summed E-state index contributed by atoms with van der Waals surface area (Å²) in [6.45, 7) is 1.90. The first-order valence-corrected chi connectivity index (χ1v) is 9.74. The number of halogens is 2. The second-order valence-corrected chi connectivity index (χ2v) is 7.67. The highest BCUT2D eigenvalue weighted by Crippen LogP contribution is 2.36. The molecule has 1 amide bonds. The maximum atomic E-state index is 13.5. The van der Waals surface area contributed by atoms with E-state index in [0.29, 0.717) is 32.5 Å². The topological polar surface area (TPSA) is 50.8 Å². The number of likely N-dealkylation sites (tertiary alicyclic amines) is 1. The van der Waals surface area contributed by atoms with Crippen LogP contribution < -0.4 is 5.32 Å². The van der Waals surface area contributed by atoms with Crippen molar-refractivity contribution in [3.63, 3.8) is 0 Å². The molecule has 1 N–H and O–H groups in total. The van der Waals surface area contributed by atoms with E-state index in [9.17, 15) is 13.6 Å². The van der Waals surface area contributed by atoms with Gasteiger partial charge in [0.25, 0.3) is 0 Å². The van der Waals surface area contributed by atoms with Gasteiger partial charge in [0.2, 0.25) is 0 Å². The Morgan fingerprint density at radius 1 is 1.00 bits per heavy atom. The first-order chi connectivity index (χ1) is 14.0. The Bertz CT molecular complexity index is 804. The standard InChI is InChI=1S/C22H24F2N2O3/c1-28-20(26-12-10-22(11-13-26)14-25-21(27)29-22)19(15-2-6-17(23)7-3-15)16-4-8-18(24)9-5-16/h2-9,19-20H,10-14H2,1H3,(H,25,27). The molecular formula is C22H24F2N2O3. The summed E-state index contributed by atoms with van der Waals surface area (Å²) < 4.78 is 38.4. The quantitative estimate of drug-likeness (QED) is 0.830. The maximum Gasteiger partial charge on any atom is 0.407 e. The van der Waals surface area contributed by atoms with Gasteiger partial charge in [-0.15, -0.1) is 0 Å². The number of nitrogens with zero attached hydrogens (tertiary/aromatic N) is 1. The van der Waals surface area contributed by atoms with Gasteiger partial charge in [-0.05, 0) is 35.4 Å². The van der Waals surface area contributed by atoms with Crippen LogP contribution in [0.3, 0.4) is 0 Å². The number of hydrogen-bond donors (Lipinski definition) is 1. The summed E-state index contributed by atoms with van der Waals surface area (Å²) in [5, 5.41) is 2.74. The highest BCUT2D eigenvalue weighted by atomic mass is 19.1. The zero-order chi connectivity index (χ0) is 20.4. The zero-order valence-corrected chi connectivity index (χ0v) is 16.2. The highest BCUT2D eigenvalue weighted by molar-refractivity contribution is 5.70. The summed E-state index contributed by atoms with van der Waals surface area (Å²) in [6.07, 6.45) is 0.710. The predicted octanol–water partition coefficient (Wildman–Crippen LogP) is 3.64. The third-order valence-electron chi connectivity index (χ3n) is 5.92. The average molecular weight is 402 g/mol. The van der Waals surface area contributed by atoms with Crippen LogP contribution in [0.2, 0.25) is 0 Å². The minimum atomic E-state index is -0.451. The minimum Gasteiger partial charge on any atom is -0.441 e. The number of ether oxygens (including phenoxy) is 2. The van der Waals surface area contributed by atoms with Crippen LogP contribution >= 0.6 is 0 Å². The van der Waals surface area contributed by atoms with E-state index < -0.39 is 5.60 Å². The van der Waals surface area contributed by atoms with E-state index in [1.54, 1.807) is 31.4 Å². The molecule has 2 fully saturated rings. The summed E-state index contributed by atoms with van der Waals surface area (Å²) in [6, 6.07) is 12.7. The normalized spacial score (nSPS) is 19.9. The van der Waals surface area contributed by atoms with E-state index >= 15 is 0 Å². The molecule has 7 heteroatoms. The number of rotatable bonds is 5. The molecule has 0 saturated carbocycles. The van der Waals surface area contributed by atoms with Crippen LogP contribution in [0.15, 0.2) is 48.5 Å². The van der Waals surface area contributed by atoms with Gasteiger partial charge in [0.1, 0.15) is 23.5 Å². The molecule has 0 aliphatic carbocycles. The van der Waals surface area contributed by atoms with Crippen molar-refractivity contribution in [1.29, 1.82) is 0 Å². The second kappa shape index (κ2) is 8.08. The first-order valence-electron chi connectivity index (χ1n) is 9.74. The summed E-state index contributed by atoms with van der Waals surface area (Å²) in [4.78, 5) is 13.7. The minimum absolute atomic E-state index is 0.223. The first kappa shape index (κ1) is 19.8. The number of hydrogen-bond acceptors (Lipinski definition) is 4. The van der Waals surface area contributed by atoms with Crippen molar-refractivity contribution in [3.05, 3.63) is 71.3 Å². The Labute approximate surface area is 168 Å². The van der Waals surface area contributed by atoms with Crippen LogP contribution in [-0.2, 0) is 9.47 Å². The predicted molar refractivity (Wildman–Crippen MR) is 103 cm³/mol. The number of nitrogens with one attached hydrogen (secondary N) is 1. The fourth-order valence-electron chi connectivity index (χ4n) is 4.32. The van der Waals surface area contributed by atoms with Gasteiger partial charge in [-0.25, -0.2) is 13.6 Å². The zero-order valence-electron chi connectivity index (χ0n) is 16.2. The lowest BCUT2D eigenvalue weighted by atomic mass is 9.86. The third kappa shape index (κ3) is 4.11. The van der Waals surface area contributed by atoms with Crippen molar-refractivity contribution in [3.8, 4) is 0 Å². The van der Waals surface area contributed by atoms with E-state index in [2.05, 4.69) is 10.2 Å². The van der Waals surface area contributed by atoms with Crippen molar-refractivity contribution in [1.82, 2.24) is 10.2 Å². The van der Waals surface area contributed by atoms with Gasteiger partial charge in [-0.1, -0.05) is 24.3 Å². The van der Waals surface area contributed by atoms with Crippen LogP contribution in [-0.4, -0.2) is 49.6 Å². The van der Waals surface area contributed by atoms with E-state index in [0.717, 1.165) is 11.1 Å². The number of methoxy groups -OCH3 is 1. The van der Waals surface area contributed by atoms with Gasteiger partial charge in [0, 0.05) is 39.0 Å². The van der Waals surface area contributed by atoms with Gasteiger partial charge in [0.05, 0.1) is 6.54 Å². The van der Waals surface area contributed by atoms with Crippen LogP contribution in [0.25, 0.3) is 0 Å². The van der Waals surface area contributed by atoms with Crippen LogP contribution in [0.1, 0.15) is 29.9 Å². The molecule has 1 spiro atoms. The molecule has 0 aromatic heterocycles. The third-order valence-corrected chi connectivity index (χ3v) is 5.92. The lowest BCUT2D eigenvalue weighted by molar-refractivity contribution is -0.0847. The Morgan fingerprint density at radius 3 is 1.93 bits per heavy atom. The molecule has 2 aromatic rings. The molecule has 5 nitrogen and oxygen atoms in total. The number of carbonyl (C=O) groups excluding carboxylic acids is 1. The smallest absolute Gasteiger partial charge is 0.407 e. The lowest BCUT2D eigenvalue weighted by Crippen LogP contribution is -2.52. The molecule has 2 saturated heterocycles. The highest BCUT2D eigenvalue weighted by Gasteiger charge is 2.45. The molecule has 2 aromatic carbocycles. The lowest BCUT2D eigenvalue weighted by Gasteiger charge is -2.43. The molecule has 1 atom stereocenters. The summed E-state index contributed by atoms with van der Waals surface area (Å²) in [5.41, 5.74) is 1.32. The van der Waals surface area contributed by atoms with E-state index in [1.165, 1.54) is 24.3 Å². The molecule has 0 bridgehead atoms. The fraction of sp³-hybridized carbons (Fsp3) is 0.409. The number of carbonyl (C=O) groups is 1. The molecule has 29 heavy (non-hydrogen) atoms. The van der Waals surface area contributed by atoms with Gasteiger partial charge in [-0.2, -0.15) is 0 Å². The number of amides is 1. The van der Waals surface area contributed by atoms with Crippen molar-refractivity contribution in [2.45, 2.75) is 30.6 Å². The summed E-state index contributed by atoms with van der Waals surface area (Å²) in [5.74, 6) is -0.841. The van der Waals surface area contributed by atoms with Crippen molar-refractivity contribution < 1.29 is 23.0 Å². The monoisotopic (exact) mass is 402 g/mol. The van der Waals surface area contributed by atoms with Crippen LogP contribution in [0, 0.1) is 11.6 Å². The Kier molecular flexibility index (Phi) is 5.52. The van der Waals surface area contributed by atoms with Gasteiger partial charge >= 0.3 is 6.09 Å². The van der Waals surface area contributed by atoms with E-state index in [1.807, 2.05) is 0 Å². The Balaban J connectivity index is 1.61. The fourth-order valence-corrected chi connectivity index (χ4v) is 4.32. The maximum absolute atomic E-state index is 13.5. The number of benzene rings is 2.